The van der Waals surface area contributed by atoms with Crippen LogP contribution < -0.4 is 10.6 Å². The first-order valence-corrected chi connectivity index (χ1v) is 9.87. The normalized spacial score (nSPS) is 20.3. The number of nitrogens with zero attached hydrogens (tertiary/aromatic N) is 2. The number of urea groups is 1. The van der Waals surface area contributed by atoms with Gasteiger partial charge in [-0.1, -0.05) is 25.7 Å². The van der Waals surface area contributed by atoms with Crippen LogP contribution in [0.25, 0.3) is 0 Å². The standard InChI is InChI=1S/C17H28N4OS/c22-17(20-14-7-3-1-4-8-14)18-11-16-19-15(13-23-16)12-21-9-5-2-6-10-21/h13-14H,1-12H2,(H2,18,20,22). The highest BCUT2D eigenvalue weighted by Crippen LogP contribution is 2.17. The number of hydrogen-bond donors (Lipinski definition) is 2. The van der Waals surface area contributed by atoms with E-state index in [4.69, 9.17) is 0 Å². The largest absolute Gasteiger partial charge is 0.335 e. The van der Waals surface area contributed by atoms with E-state index in [0.29, 0.717) is 12.6 Å². The van der Waals surface area contributed by atoms with Crippen LogP contribution in [0, 0.1) is 0 Å². The van der Waals surface area contributed by atoms with Crippen molar-refractivity contribution in [2.75, 3.05) is 13.1 Å². The van der Waals surface area contributed by atoms with E-state index in [2.05, 4.69) is 25.9 Å². The molecule has 0 unspecified atom stereocenters. The molecular formula is C17H28N4OS. The van der Waals surface area contributed by atoms with Gasteiger partial charge in [-0.3, -0.25) is 4.90 Å². The Hall–Kier alpha value is -1.14. The summed E-state index contributed by atoms with van der Waals surface area (Å²) in [5.41, 5.74) is 1.14. The Morgan fingerprint density at radius 3 is 2.70 bits per heavy atom. The Balaban J connectivity index is 1.38. The van der Waals surface area contributed by atoms with E-state index in [-0.39, 0.29) is 6.03 Å². The number of nitrogens with one attached hydrogen (secondary N) is 2. The molecule has 0 atom stereocenters. The Kier molecular flexibility index (Phi) is 6.28. The van der Waals surface area contributed by atoms with E-state index in [1.165, 1.54) is 51.6 Å². The van der Waals surface area contributed by atoms with E-state index < -0.39 is 0 Å². The number of carbonyl (C=O) groups is 1. The maximum Gasteiger partial charge on any atom is 0.315 e. The zero-order chi connectivity index (χ0) is 15.9. The predicted molar refractivity (Wildman–Crippen MR) is 93.5 cm³/mol. The van der Waals surface area contributed by atoms with Crippen LogP contribution in [0.3, 0.4) is 0 Å². The van der Waals surface area contributed by atoms with Crippen molar-refractivity contribution in [2.45, 2.75) is 70.5 Å². The average molecular weight is 337 g/mol. The molecule has 1 saturated heterocycles. The molecule has 2 N–H and O–H groups in total. The quantitative estimate of drug-likeness (QED) is 0.868. The highest BCUT2D eigenvalue weighted by Gasteiger charge is 2.16. The van der Waals surface area contributed by atoms with Crippen molar-refractivity contribution in [3.63, 3.8) is 0 Å². The molecule has 128 valence electrons. The molecule has 2 heterocycles. The fourth-order valence-corrected chi connectivity index (χ4v) is 4.21. The lowest BCUT2D eigenvalue weighted by Crippen LogP contribution is -2.42. The molecule has 1 aliphatic heterocycles. The molecule has 0 aromatic carbocycles. The third-order valence-corrected chi connectivity index (χ3v) is 5.67. The molecule has 1 saturated carbocycles. The van der Waals surface area contributed by atoms with Gasteiger partial charge in [0.2, 0.25) is 0 Å². The van der Waals surface area contributed by atoms with Gasteiger partial charge in [-0.25, -0.2) is 9.78 Å². The Bertz CT molecular complexity index is 493. The second-order valence-corrected chi connectivity index (χ2v) is 7.67. The molecule has 23 heavy (non-hydrogen) atoms. The van der Waals surface area contributed by atoms with Gasteiger partial charge in [-0.05, 0) is 38.8 Å². The molecule has 0 spiro atoms. The van der Waals surface area contributed by atoms with Crippen molar-refractivity contribution in [1.82, 2.24) is 20.5 Å². The first kappa shape index (κ1) is 16.7. The summed E-state index contributed by atoms with van der Waals surface area (Å²) in [5.74, 6) is 0. The maximum absolute atomic E-state index is 12.0. The molecule has 0 bridgehead atoms. The van der Waals surface area contributed by atoms with E-state index in [1.54, 1.807) is 11.3 Å². The van der Waals surface area contributed by atoms with Gasteiger partial charge in [0, 0.05) is 18.0 Å². The number of piperidine rings is 1. The molecule has 5 nitrogen and oxygen atoms in total. The monoisotopic (exact) mass is 336 g/mol. The van der Waals surface area contributed by atoms with Crippen molar-refractivity contribution in [2.24, 2.45) is 0 Å². The van der Waals surface area contributed by atoms with Crippen LogP contribution >= 0.6 is 11.3 Å². The summed E-state index contributed by atoms with van der Waals surface area (Å²) >= 11 is 1.65. The number of likely N-dealkylation sites (tertiary alicyclic amines) is 1. The molecule has 1 aromatic heterocycles. The summed E-state index contributed by atoms with van der Waals surface area (Å²) < 4.78 is 0. The molecular weight excluding hydrogens is 308 g/mol. The molecule has 2 fully saturated rings. The van der Waals surface area contributed by atoms with Gasteiger partial charge >= 0.3 is 6.03 Å². The number of carbonyl (C=O) groups excluding carboxylic acids is 1. The molecule has 1 aromatic rings. The number of thiazole rings is 1. The average Bonchev–Trinajstić information content (AvgIpc) is 3.02. The van der Waals surface area contributed by atoms with Gasteiger partial charge in [0.1, 0.15) is 5.01 Å². The zero-order valence-corrected chi connectivity index (χ0v) is 14.7. The van der Waals surface area contributed by atoms with E-state index in [9.17, 15) is 4.79 Å². The van der Waals surface area contributed by atoms with Gasteiger partial charge in [0.15, 0.2) is 0 Å². The van der Waals surface area contributed by atoms with Crippen LogP contribution in [0.5, 0.6) is 0 Å². The Morgan fingerprint density at radius 1 is 1.17 bits per heavy atom. The fourth-order valence-electron chi connectivity index (χ4n) is 3.49. The van der Waals surface area contributed by atoms with Gasteiger partial charge in [-0.2, -0.15) is 0 Å². The van der Waals surface area contributed by atoms with Crippen LogP contribution in [0.1, 0.15) is 62.1 Å². The van der Waals surface area contributed by atoms with Gasteiger partial charge in [-0.15, -0.1) is 11.3 Å². The van der Waals surface area contributed by atoms with Crippen LogP contribution in [0.15, 0.2) is 5.38 Å². The molecule has 1 aliphatic carbocycles. The zero-order valence-electron chi connectivity index (χ0n) is 13.9. The van der Waals surface area contributed by atoms with Crippen molar-refractivity contribution >= 4 is 17.4 Å². The van der Waals surface area contributed by atoms with Crippen LogP contribution in [0.2, 0.25) is 0 Å². The van der Waals surface area contributed by atoms with E-state index in [1.807, 2.05) is 0 Å². The van der Waals surface area contributed by atoms with Crippen LogP contribution in [-0.4, -0.2) is 35.0 Å². The summed E-state index contributed by atoms with van der Waals surface area (Å²) in [5, 5.41) is 9.15. The number of rotatable bonds is 5. The highest BCUT2D eigenvalue weighted by molar-refractivity contribution is 7.09. The van der Waals surface area contributed by atoms with E-state index >= 15 is 0 Å². The number of aromatic nitrogens is 1. The van der Waals surface area contributed by atoms with Crippen molar-refractivity contribution in [3.05, 3.63) is 16.1 Å². The third kappa shape index (κ3) is 5.46. The van der Waals surface area contributed by atoms with Gasteiger partial charge in [0.25, 0.3) is 0 Å². The summed E-state index contributed by atoms with van der Waals surface area (Å²) in [7, 11) is 0. The van der Waals surface area contributed by atoms with Crippen molar-refractivity contribution in [1.29, 1.82) is 0 Å². The van der Waals surface area contributed by atoms with E-state index in [0.717, 1.165) is 30.1 Å². The second kappa shape index (κ2) is 8.64. The first-order valence-electron chi connectivity index (χ1n) is 8.99. The van der Waals surface area contributed by atoms with Crippen LogP contribution in [0.4, 0.5) is 4.79 Å². The minimum Gasteiger partial charge on any atom is -0.335 e. The Labute approximate surface area is 142 Å². The van der Waals surface area contributed by atoms with Gasteiger partial charge in [0.05, 0.1) is 12.2 Å². The predicted octanol–water partition coefficient (Wildman–Crippen LogP) is 3.26. The smallest absolute Gasteiger partial charge is 0.315 e. The lowest BCUT2D eigenvalue weighted by Gasteiger charge is -2.25. The molecule has 2 amide bonds. The summed E-state index contributed by atoms with van der Waals surface area (Å²) in [6.45, 7) is 3.86. The maximum atomic E-state index is 12.0. The number of amides is 2. The second-order valence-electron chi connectivity index (χ2n) is 6.73. The Morgan fingerprint density at radius 2 is 1.91 bits per heavy atom. The minimum absolute atomic E-state index is 0.0512. The first-order chi connectivity index (χ1) is 11.3. The van der Waals surface area contributed by atoms with Crippen LogP contribution in [-0.2, 0) is 13.1 Å². The fraction of sp³-hybridized carbons (Fsp3) is 0.765. The van der Waals surface area contributed by atoms with Crippen molar-refractivity contribution in [3.8, 4) is 0 Å². The lowest BCUT2D eigenvalue weighted by atomic mass is 9.96. The summed E-state index contributed by atoms with van der Waals surface area (Å²) in [4.78, 5) is 19.1. The SMILES string of the molecule is O=C(NCc1nc(CN2CCCCC2)cs1)NC1CCCCC1. The third-order valence-electron chi connectivity index (χ3n) is 4.77. The minimum atomic E-state index is -0.0512. The topological polar surface area (TPSA) is 57.3 Å². The molecule has 6 heteroatoms. The summed E-state index contributed by atoms with van der Waals surface area (Å²) in [6.07, 6.45) is 9.97. The lowest BCUT2D eigenvalue weighted by molar-refractivity contribution is 0.218. The molecule has 0 radical (unpaired) electrons. The molecule has 3 rings (SSSR count). The molecule has 2 aliphatic rings. The summed E-state index contributed by atoms with van der Waals surface area (Å²) in [6, 6.07) is 0.305. The van der Waals surface area contributed by atoms with Gasteiger partial charge < -0.3 is 10.6 Å². The van der Waals surface area contributed by atoms with Crippen molar-refractivity contribution < 1.29 is 4.79 Å². The number of hydrogen-bond acceptors (Lipinski definition) is 4. The highest BCUT2D eigenvalue weighted by atomic mass is 32.1.